The van der Waals surface area contributed by atoms with Crippen LogP contribution < -0.4 is 14.8 Å². The molecule has 3 N–H and O–H groups in total. The van der Waals surface area contributed by atoms with Gasteiger partial charge in [0.2, 0.25) is 5.91 Å². The number of hydrogen-bond acceptors (Lipinski definition) is 6. The lowest BCUT2D eigenvalue weighted by atomic mass is 9.94. The van der Waals surface area contributed by atoms with Crippen molar-refractivity contribution in [3.8, 4) is 11.5 Å². The molecule has 3 aromatic rings. The molecule has 2 atom stereocenters. The second-order valence-electron chi connectivity index (χ2n) is 9.71. The zero-order valence-corrected chi connectivity index (χ0v) is 19.2. The largest absolute Gasteiger partial charge is 0.586 e. The molecule has 1 aliphatic carbocycles. The number of nitrogens with zero attached hydrogens (tertiary/aromatic N) is 1. The third kappa shape index (κ3) is 3.45. The molecule has 190 valence electrons. The SMILES string of the molecule is CC1(CO)OC(CO)Cn2c1cc1cc(NC(=O)C3(c4ccc5c(c4)OC(F)(F)O5)CC3)c(F)cc12. The van der Waals surface area contributed by atoms with Crippen LogP contribution in [0.3, 0.4) is 0 Å². The van der Waals surface area contributed by atoms with Crippen LogP contribution in [0.1, 0.15) is 31.0 Å². The molecule has 2 unspecified atom stereocenters. The summed E-state index contributed by atoms with van der Waals surface area (Å²) in [5.41, 5.74) is -0.456. The van der Waals surface area contributed by atoms with Crippen molar-refractivity contribution in [1.82, 2.24) is 4.57 Å². The number of nitrogens with one attached hydrogen (secondary N) is 1. The van der Waals surface area contributed by atoms with E-state index >= 15 is 4.39 Å². The number of carbonyl (C=O) groups is 1. The zero-order valence-electron chi connectivity index (χ0n) is 19.2. The van der Waals surface area contributed by atoms with Crippen molar-refractivity contribution in [2.24, 2.45) is 0 Å². The van der Waals surface area contributed by atoms with Gasteiger partial charge in [0, 0.05) is 11.5 Å². The predicted octanol–water partition coefficient (Wildman–Crippen LogP) is 3.37. The number of hydrogen-bond donors (Lipinski definition) is 3. The van der Waals surface area contributed by atoms with Gasteiger partial charge in [-0.15, -0.1) is 8.78 Å². The van der Waals surface area contributed by atoms with Crippen LogP contribution >= 0.6 is 0 Å². The number of aliphatic hydroxyl groups excluding tert-OH is 2. The number of aliphatic hydroxyl groups is 2. The van der Waals surface area contributed by atoms with Crippen LogP contribution in [0.2, 0.25) is 0 Å². The van der Waals surface area contributed by atoms with Crippen molar-refractivity contribution in [3.05, 3.63) is 53.5 Å². The Bertz CT molecular complexity index is 1400. The fraction of sp³-hybridized carbons (Fsp3) is 0.400. The molecule has 3 heterocycles. The van der Waals surface area contributed by atoms with Crippen molar-refractivity contribution >= 4 is 22.5 Å². The van der Waals surface area contributed by atoms with Gasteiger partial charge in [0.05, 0.1) is 48.2 Å². The second-order valence-corrected chi connectivity index (χ2v) is 9.71. The average molecular weight is 504 g/mol. The summed E-state index contributed by atoms with van der Waals surface area (Å²) in [6, 6.07) is 8.79. The molecule has 2 aromatic carbocycles. The molecule has 36 heavy (non-hydrogen) atoms. The molecule has 6 rings (SSSR count). The summed E-state index contributed by atoms with van der Waals surface area (Å²) in [5, 5.41) is 22.8. The first-order valence-corrected chi connectivity index (χ1v) is 11.5. The highest BCUT2D eigenvalue weighted by Crippen LogP contribution is 2.52. The van der Waals surface area contributed by atoms with Crippen LogP contribution in [0.4, 0.5) is 18.9 Å². The summed E-state index contributed by atoms with van der Waals surface area (Å²) < 4.78 is 58.6. The highest BCUT2D eigenvalue weighted by Gasteiger charge is 2.53. The third-order valence-corrected chi connectivity index (χ3v) is 7.24. The Balaban J connectivity index is 1.31. The van der Waals surface area contributed by atoms with E-state index in [1.165, 1.54) is 30.3 Å². The van der Waals surface area contributed by atoms with Crippen molar-refractivity contribution in [1.29, 1.82) is 0 Å². The standard InChI is InChI=1S/C25H23F3N2O6/c1-23(12-32)21-7-13-6-17(16(26)9-18(13)30(21)10-15(11-31)34-23)29-22(33)24(4-5-24)14-2-3-19-20(8-14)36-25(27,28)35-19/h2-3,6-9,15,31-32H,4-5,10-12H2,1H3,(H,29,33). The molecule has 1 fully saturated rings. The smallest absolute Gasteiger partial charge is 0.395 e. The van der Waals surface area contributed by atoms with Crippen LogP contribution in [0.25, 0.3) is 10.9 Å². The zero-order chi connectivity index (χ0) is 25.5. The van der Waals surface area contributed by atoms with E-state index in [9.17, 15) is 23.8 Å². The number of rotatable bonds is 5. The Hall–Kier alpha value is -3.28. The van der Waals surface area contributed by atoms with Gasteiger partial charge in [0.15, 0.2) is 11.5 Å². The quantitative estimate of drug-likeness (QED) is 0.493. The minimum absolute atomic E-state index is 0.0284. The molecule has 11 heteroatoms. The van der Waals surface area contributed by atoms with Gasteiger partial charge >= 0.3 is 6.29 Å². The molecule has 0 bridgehead atoms. The fourth-order valence-corrected chi connectivity index (χ4v) is 5.16. The van der Waals surface area contributed by atoms with Gasteiger partial charge in [-0.2, -0.15) is 0 Å². The maximum atomic E-state index is 15.2. The van der Waals surface area contributed by atoms with E-state index in [1.54, 1.807) is 17.6 Å². The maximum absolute atomic E-state index is 15.2. The van der Waals surface area contributed by atoms with Crippen molar-refractivity contribution in [3.63, 3.8) is 0 Å². The Kier molecular flexibility index (Phi) is 4.89. The number of ether oxygens (including phenoxy) is 3. The number of anilines is 1. The van der Waals surface area contributed by atoms with Crippen molar-refractivity contribution in [2.45, 2.75) is 49.7 Å². The molecule has 2 aliphatic heterocycles. The van der Waals surface area contributed by atoms with E-state index in [2.05, 4.69) is 14.8 Å². The van der Waals surface area contributed by atoms with Crippen LogP contribution in [0.5, 0.6) is 11.5 Å². The first-order chi connectivity index (χ1) is 17.1. The molecule has 1 saturated carbocycles. The molecule has 3 aliphatic rings. The molecular formula is C25H23F3N2O6. The van der Waals surface area contributed by atoms with Crippen LogP contribution in [0.15, 0.2) is 36.4 Å². The van der Waals surface area contributed by atoms with E-state index in [1.807, 2.05) is 0 Å². The summed E-state index contributed by atoms with van der Waals surface area (Å²) in [5.74, 6) is -1.38. The van der Waals surface area contributed by atoms with Gasteiger partial charge in [-0.05, 0) is 49.6 Å². The molecule has 8 nitrogen and oxygen atoms in total. The monoisotopic (exact) mass is 504 g/mol. The minimum Gasteiger partial charge on any atom is -0.395 e. The summed E-state index contributed by atoms with van der Waals surface area (Å²) in [6.07, 6.45) is -3.39. The lowest BCUT2D eigenvalue weighted by Crippen LogP contribution is -2.44. The van der Waals surface area contributed by atoms with Gasteiger partial charge in [0.25, 0.3) is 0 Å². The lowest BCUT2D eigenvalue weighted by molar-refractivity contribution is -0.286. The van der Waals surface area contributed by atoms with E-state index in [0.29, 0.717) is 35.0 Å². The summed E-state index contributed by atoms with van der Waals surface area (Å²) in [7, 11) is 0. The number of fused-ring (bicyclic) bond motifs is 4. The Morgan fingerprint density at radius 1 is 1.14 bits per heavy atom. The van der Waals surface area contributed by atoms with E-state index in [0.717, 1.165) is 0 Å². The van der Waals surface area contributed by atoms with Gasteiger partial charge < -0.3 is 34.3 Å². The Morgan fingerprint density at radius 3 is 2.58 bits per heavy atom. The van der Waals surface area contributed by atoms with Crippen molar-refractivity contribution in [2.75, 3.05) is 18.5 Å². The third-order valence-electron chi connectivity index (χ3n) is 7.24. The van der Waals surface area contributed by atoms with Crippen molar-refractivity contribution < 1.29 is 42.4 Å². The normalized spacial score (nSPS) is 25.0. The Labute approximate surface area is 203 Å². The molecule has 1 amide bonds. The number of halogens is 3. The fourth-order valence-electron chi connectivity index (χ4n) is 5.16. The first-order valence-electron chi connectivity index (χ1n) is 11.5. The maximum Gasteiger partial charge on any atom is 0.586 e. The number of aromatic nitrogens is 1. The van der Waals surface area contributed by atoms with E-state index < -0.39 is 35.1 Å². The second kappa shape index (κ2) is 7.61. The average Bonchev–Trinajstić information content (AvgIpc) is 3.49. The summed E-state index contributed by atoms with van der Waals surface area (Å²) in [4.78, 5) is 13.3. The highest BCUT2D eigenvalue weighted by atomic mass is 19.3. The van der Waals surface area contributed by atoms with Crippen LogP contribution in [0, 0.1) is 5.82 Å². The number of alkyl halides is 2. The molecule has 0 spiro atoms. The highest BCUT2D eigenvalue weighted by molar-refractivity contribution is 6.02. The number of benzene rings is 2. The molecule has 1 aromatic heterocycles. The van der Waals surface area contributed by atoms with Crippen LogP contribution in [-0.4, -0.2) is 46.3 Å². The van der Waals surface area contributed by atoms with E-state index in [-0.39, 0.29) is 36.9 Å². The number of carbonyl (C=O) groups excluding carboxylic acids is 1. The topological polar surface area (TPSA) is 102 Å². The molecular weight excluding hydrogens is 481 g/mol. The lowest BCUT2D eigenvalue weighted by Gasteiger charge is -2.38. The van der Waals surface area contributed by atoms with Gasteiger partial charge in [-0.25, -0.2) is 4.39 Å². The first kappa shape index (κ1) is 23.1. The van der Waals surface area contributed by atoms with Gasteiger partial charge in [-0.3, -0.25) is 4.79 Å². The summed E-state index contributed by atoms with van der Waals surface area (Å²) in [6.45, 7) is 1.37. The number of amides is 1. The van der Waals surface area contributed by atoms with Gasteiger partial charge in [0.1, 0.15) is 11.4 Å². The molecule has 0 saturated heterocycles. The Morgan fingerprint density at radius 2 is 1.89 bits per heavy atom. The van der Waals surface area contributed by atoms with E-state index in [4.69, 9.17) is 4.74 Å². The minimum atomic E-state index is -3.76. The van der Waals surface area contributed by atoms with Gasteiger partial charge in [-0.1, -0.05) is 6.07 Å². The molecule has 0 radical (unpaired) electrons. The summed E-state index contributed by atoms with van der Waals surface area (Å²) >= 11 is 0. The predicted molar refractivity (Wildman–Crippen MR) is 120 cm³/mol. The van der Waals surface area contributed by atoms with Crippen LogP contribution in [-0.2, 0) is 27.1 Å².